The predicted molar refractivity (Wildman–Crippen MR) is 160 cm³/mol. The van der Waals surface area contributed by atoms with Crippen molar-refractivity contribution in [2.75, 3.05) is 19.8 Å². The van der Waals surface area contributed by atoms with Crippen molar-refractivity contribution in [3.63, 3.8) is 0 Å². The summed E-state index contributed by atoms with van der Waals surface area (Å²) < 4.78 is 11.6. The highest BCUT2D eigenvalue weighted by atomic mass is 16.5. The Balaban J connectivity index is 1.11. The van der Waals surface area contributed by atoms with Crippen LogP contribution in [0, 0.1) is 10.8 Å². The Labute approximate surface area is 236 Å². The maximum Gasteiger partial charge on any atom is 0.258 e. The van der Waals surface area contributed by atoms with Gasteiger partial charge in [-0.05, 0) is 75.9 Å². The fraction of sp³-hybridized carbons (Fsp3) is 0.353. The van der Waals surface area contributed by atoms with Gasteiger partial charge in [0.05, 0.1) is 0 Å². The second-order valence-electron chi connectivity index (χ2n) is 12.2. The fourth-order valence-corrected chi connectivity index (χ4v) is 6.31. The molecule has 208 valence electrons. The molecule has 0 bridgehead atoms. The van der Waals surface area contributed by atoms with Crippen LogP contribution in [0.2, 0.25) is 0 Å². The number of ether oxygens (including phenoxy) is 2. The van der Waals surface area contributed by atoms with Gasteiger partial charge in [-0.2, -0.15) is 0 Å². The van der Waals surface area contributed by atoms with Crippen molar-refractivity contribution in [2.24, 2.45) is 10.8 Å². The van der Waals surface area contributed by atoms with E-state index in [0.717, 1.165) is 40.8 Å². The molecule has 6 nitrogen and oxygen atoms in total. The Morgan fingerprint density at radius 3 is 1.82 bits per heavy atom. The lowest BCUT2D eigenvalue weighted by atomic mass is 9.62. The SMILES string of the molecule is CC1(C)CC(NC(=O)COc2ccc3ccccc3c2)CC(C)(CNC(=O)COc2ccc3ccccc3c2)C1. The number of rotatable bonds is 9. The van der Waals surface area contributed by atoms with Crippen molar-refractivity contribution < 1.29 is 19.1 Å². The lowest BCUT2D eigenvalue weighted by molar-refractivity contribution is -0.126. The summed E-state index contributed by atoms with van der Waals surface area (Å²) in [6, 6.07) is 27.8. The first-order valence-electron chi connectivity index (χ1n) is 14.0. The number of carbonyl (C=O) groups excluding carboxylic acids is 2. The first-order chi connectivity index (χ1) is 19.2. The predicted octanol–water partition coefficient (Wildman–Crippen LogP) is 6.27. The van der Waals surface area contributed by atoms with E-state index >= 15 is 0 Å². The maximum atomic E-state index is 12.8. The van der Waals surface area contributed by atoms with Gasteiger partial charge in [-0.15, -0.1) is 0 Å². The van der Waals surface area contributed by atoms with Gasteiger partial charge in [0.15, 0.2) is 13.2 Å². The molecule has 0 aliphatic heterocycles. The molecule has 40 heavy (non-hydrogen) atoms. The van der Waals surface area contributed by atoms with Gasteiger partial charge in [-0.3, -0.25) is 9.59 Å². The van der Waals surface area contributed by atoms with E-state index in [0.29, 0.717) is 18.0 Å². The molecule has 0 radical (unpaired) electrons. The third-order valence-corrected chi connectivity index (χ3v) is 7.70. The molecule has 2 N–H and O–H groups in total. The van der Waals surface area contributed by atoms with Crippen molar-refractivity contribution in [2.45, 2.75) is 46.1 Å². The summed E-state index contributed by atoms with van der Waals surface area (Å²) in [7, 11) is 0. The van der Waals surface area contributed by atoms with Gasteiger partial charge in [0.25, 0.3) is 11.8 Å². The van der Waals surface area contributed by atoms with Gasteiger partial charge in [-0.25, -0.2) is 0 Å². The first-order valence-corrected chi connectivity index (χ1v) is 14.0. The molecule has 1 fully saturated rings. The molecule has 2 amide bonds. The minimum absolute atomic E-state index is 0.00667. The normalized spacial score (nSPS) is 20.1. The van der Waals surface area contributed by atoms with Gasteiger partial charge in [0.2, 0.25) is 0 Å². The molecule has 1 saturated carbocycles. The molecule has 0 saturated heterocycles. The topological polar surface area (TPSA) is 76.7 Å². The van der Waals surface area contributed by atoms with E-state index in [1.165, 1.54) is 0 Å². The maximum absolute atomic E-state index is 12.8. The van der Waals surface area contributed by atoms with E-state index in [-0.39, 0.29) is 41.9 Å². The Morgan fingerprint density at radius 2 is 1.25 bits per heavy atom. The number of carbonyl (C=O) groups is 2. The molecule has 5 rings (SSSR count). The van der Waals surface area contributed by atoms with Crippen molar-refractivity contribution in [1.29, 1.82) is 0 Å². The smallest absolute Gasteiger partial charge is 0.258 e. The molecule has 2 atom stereocenters. The van der Waals surface area contributed by atoms with E-state index in [1.807, 2.05) is 84.9 Å². The lowest BCUT2D eigenvalue weighted by Gasteiger charge is -2.47. The third-order valence-electron chi connectivity index (χ3n) is 7.70. The van der Waals surface area contributed by atoms with Gasteiger partial charge in [0, 0.05) is 12.6 Å². The molecule has 6 heteroatoms. The van der Waals surface area contributed by atoms with Crippen molar-refractivity contribution >= 4 is 33.4 Å². The van der Waals surface area contributed by atoms with Crippen molar-refractivity contribution in [3.05, 3.63) is 84.9 Å². The summed E-state index contributed by atoms with van der Waals surface area (Å²) in [5.74, 6) is 1.07. The second kappa shape index (κ2) is 11.6. The van der Waals surface area contributed by atoms with Crippen LogP contribution < -0.4 is 20.1 Å². The molecule has 1 aliphatic carbocycles. The number of benzene rings is 4. The van der Waals surface area contributed by atoms with Crippen LogP contribution in [-0.2, 0) is 9.59 Å². The second-order valence-corrected chi connectivity index (χ2v) is 12.2. The van der Waals surface area contributed by atoms with E-state index in [1.54, 1.807) is 0 Å². The molecule has 4 aromatic rings. The van der Waals surface area contributed by atoms with Gasteiger partial charge in [-0.1, -0.05) is 81.4 Å². The van der Waals surface area contributed by atoms with Gasteiger partial charge in [0.1, 0.15) is 11.5 Å². The summed E-state index contributed by atoms with van der Waals surface area (Å²) in [5, 5.41) is 10.7. The summed E-state index contributed by atoms with van der Waals surface area (Å²) in [6.45, 7) is 7.08. The van der Waals surface area contributed by atoms with E-state index < -0.39 is 0 Å². The van der Waals surface area contributed by atoms with Crippen LogP contribution in [0.3, 0.4) is 0 Å². The van der Waals surface area contributed by atoms with Crippen LogP contribution in [0.25, 0.3) is 21.5 Å². The highest BCUT2D eigenvalue weighted by molar-refractivity contribution is 5.85. The molecule has 0 heterocycles. The third kappa shape index (κ3) is 7.12. The molecular weight excluding hydrogens is 500 g/mol. The quantitative estimate of drug-likeness (QED) is 0.263. The molecule has 0 aromatic heterocycles. The van der Waals surface area contributed by atoms with E-state index in [2.05, 4.69) is 31.4 Å². The van der Waals surface area contributed by atoms with Crippen molar-refractivity contribution in [1.82, 2.24) is 10.6 Å². The van der Waals surface area contributed by atoms with Crippen molar-refractivity contribution in [3.8, 4) is 11.5 Å². The number of hydrogen-bond donors (Lipinski definition) is 2. The minimum atomic E-state index is -0.155. The first kappa shape index (κ1) is 27.5. The molecule has 2 unspecified atom stereocenters. The number of nitrogens with one attached hydrogen (secondary N) is 2. The zero-order chi connectivity index (χ0) is 28.2. The van der Waals surface area contributed by atoms with Gasteiger partial charge < -0.3 is 20.1 Å². The highest BCUT2D eigenvalue weighted by Crippen LogP contribution is 2.45. The largest absolute Gasteiger partial charge is 0.484 e. The molecular formula is C34H38N2O4. The van der Waals surface area contributed by atoms with Crippen LogP contribution >= 0.6 is 0 Å². The zero-order valence-electron chi connectivity index (χ0n) is 23.5. The number of amides is 2. The Hall–Kier alpha value is -4.06. The molecule has 4 aromatic carbocycles. The number of hydrogen-bond acceptors (Lipinski definition) is 4. The van der Waals surface area contributed by atoms with Crippen LogP contribution in [0.15, 0.2) is 84.9 Å². The summed E-state index contributed by atoms with van der Waals surface area (Å²) in [6.07, 6.45) is 2.61. The minimum Gasteiger partial charge on any atom is -0.484 e. The van der Waals surface area contributed by atoms with Gasteiger partial charge >= 0.3 is 0 Å². The summed E-state index contributed by atoms with van der Waals surface area (Å²) in [5.41, 5.74) is -0.131. The molecule has 1 aliphatic rings. The van der Waals surface area contributed by atoms with E-state index in [9.17, 15) is 9.59 Å². The fourth-order valence-electron chi connectivity index (χ4n) is 6.31. The van der Waals surface area contributed by atoms with Crippen LogP contribution in [0.5, 0.6) is 11.5 Å². The van der Waals surface area contributed by atoms with Crippen LogP contribution in [0.4, 0.5) is 0 Å². The number of fused-ring (bicyclic) bond motifs is 2. The van der Waals surface area contributed by atoms with Crippen LogP contribution in [0.1, 0.15) is 40.0 Å². The lowest BCUT2D eigenvalue weighted by Crippen LogP contribution is -2.51. The zero-order valence-corrected chi connectivity index (χ0v) is 23.5. The monoisotopic (exact) mass is 538 g/mol. The van der Waals surface area contributed by atoms with E-state index in [4.69, 9.17) is 9.47 Å². The average molecular weight is 539 g/mol. The van der Waals surface area contributed by atoms with Crippen LogP contribution in [-0.4, -0.2) is 37.6 Å². The Kier molecular flexibility index (Phi) is 7.97. The average Bonchev–Trinajstić information content (AvgIpc) is 2.92. The molecule has 0 spiro atoms. The summed E-state index contributed by atoms with van der Waals surface area (Å²) in [4.78, 5) is 25.5. The summed E-state index contributed by atoms with van der Waals surface area (Å²) >= 11 is 0. The Bertz CT molecular complexity index is 1510. The highest BCUT2D eigenvalue weighted by Gasteiger charge is 2.41. The standard InChI is InChI=1S/C34H38N2O4/c1-33(2)18-28(36-32(38)21-40-30-15-13-25-9-5-7-11-27(25)17-30)19-34(3,22-33)23-35-31(37)20-39-29-14-12-24-8-4-6-10-26(24)16-29/h4-17,28H,18-23H2,1-3H3,(H,35,37)(H,36,38). The Morgan fingerprint density at radius 1 is 0.725 bits per heavy atom.